The Bertz CT molecular complexity index is 895. The molecule has 0 saturated carbocycles. The second kappa shape index (κ2) is 34.9. The van der Waals surface area contributed by atoms with Crippen molar-refractivity contribution in [1.29, 1.82) is 0 Å². The SMILES string of the molecule is CCCCCCCCCCCCCCCCC(CCCCCCCCCCCCCCCC)N(C)C(=O)C(C)(C)CC(C)(C)CCC(C)(CC)OCCC(C)(C)OC. The summed E-state index contributed by atoms with van der Waals surface area (Å²) < 4.78 is 12.1. The molecule has 1 unspecified atom stereocenters. The summed E-state index contributed by atoms with van der Waals surface area (Å²) in [5, 5.41) is 0. The molecular weight excluding hydrogens is 711 g/mol. The number of carbonyl (C=O) groups excluding carboxylic acids is 1. The first-order valence-electron chi connectivity index (χ1n) is 26.0. The number of ether oxygens (including phenoxy) is 2. The molecule has 0 aliphatic rings. The third-order valence-corrected chi connectivity index (χ3v) is 13.9. The van der Waals surface area contributed by atoms with E-state index in [4.69, 9.17) is 9.47 Å². The average Bonchev–Trinajstić information content (AvgIpc) is 3.18. The molecule has 4 heteroatoms. The van der Waals surface area contributed by atoms with Gasteiger partial charge in [0.1, 0.15) is 0 Å². The van der Waals surface area contributed by atoms with Gasteiger partial charge in [0.05, 0.1) is 17.8 Å². The smallest absolute Gasteiger partial charge is 0.228 e. The standard InChI is InChI=1S/C54H109NO3/c1-13-16-18-20-22-24-26-28-30-32-34-36-38-40-42-49(43-41-39-37-35-33-31-29-27-25-23-21-19-17-14-2)55(11)50(56)52(6,7)48-51(4,5)44-45-54(10,15-3)58-47-46-53(8,9)57-12/h49H,13-48H2,1-12H3. The van der Waals surface area contributed by atoms with Gasteiger partial charge in [0, 0.05) is 25.6 Å². The summed E-state index contributed by atoms with van der Waals surface area (Å²) >= 11 is 0. The number of hydrogen-bond donors (Lipinski definition) is 0. The molecule has 0 aromatic rings. The number of nitrogens with zero attached hydrogens (tertiary/aromatic N) is 1. The highest BCUT2D eigenvalue weighted by Crippen LogP contribution is 2.41. The quantitative estimate of drug-likeness (QED) is 0.0575. The topological polar surface area (TPSA) is 38.8 Å². The molecule has 0 rings (SSSR count). The molecule has 0 aromatic heterocycles. The first-order valence-corrected chi connectivity index (χ1v) is 26.0. The van der Waals surface area contributed by atoms with Crippen LogP contribution in [0.25, 0.3) is 0 Å². The molecule has 0 heterocycles. The molecule has 0 N–H and O–H groups in total. The fraction of sp³-hybridized carbons (Fsp3) is 0.981. The van der Waals surface area contributed by atoms with Gasteiger partial charge in [0.2, 0.25) is 5.91 Å². The number of hydrogen-bond acceptors (Lipinski definition) is 3. The Hall–Kier alpha value is -0.610. The summed E-state index contributed by atoms with van der Waals surface area (Å²) in [5.41, 5.74) is -0.670. The van der Waals surface area contributed by atoms with Crippen molar-refractivity contribution in [3.05, 3.63) is 0 Å². The van der Waals surface area contributed by atoms with Crippen molar-refractivity contribution >= 4 is 5.91 Å². The molecule has 0 aromatic carbocycles. The zero-order valence-electron chi connectivity index (χ0n) is 42.2. The van der Waals surface area contributed by atoms with Crippen LogP contribution in [0.15, 0.2) is 0 Å². The van der Waals surface area contributed by atoms with Gasteiger partial charge < -0.3 is 14.4 Å². The Morgan fingerprint density at radius 2 is 0.845 bits per heavy atom. The lowest BCUT2D eigenvalue weighted by Gasteiger charge is -2.40. The van der Waals surface area contributed by atoms with Crippen molar-refractivity contribution in [3.8, 4) is 0 Å². The van der Waals surface area contributed by atoms with E-state index in [0.717, 1.165) is 44.9 Å². The van der Waals surface area contributed by atoms with E-state index in [-0.39, 0.29) is 16.6 Å². The van der Waals surface area contributed by atoms with Crippen LogP contribution in [0.1, 0.15) is 294 Å². The average molecular weight is 820 g/mol. The van der Waals surface area contributed by atoms with Gasteiger partial charge in [-0.1, -0.05) is 228 Å². The molecule has 0 aliphatic heterocycles. The zero-order valence-corrected chi connectivity index (χ0v) is 42.2. The van der Waals surface area contributed by atoms with Crippen molar-refractivity contribution in [2.75, 3.05) is 20.8 Å². The zero-order chi connectivity index (χ0) is 43.6. The maximum Gasteiger partial charge on any atom is 0.228 e. The van der Waals surface area contributed by atoms with Crippen LogP contribution in [0.4, 0.5) is 0 Å². The molecule has 0 aliphatic carbocycles. The van der Waals surface area contributed by atoms with Crippen LogP contribution in [0.2, 0.25) is 0 Å². The molecule has 348 valence electrons. The first-order chi connectivity index (χ1) is 27.6. The van der Waals surface area contributed by atoms with Crippen molar-refractivity contribution in [2.24, 2.45) is 10.8 Å². The second-order valence-corrected chi connectivity index (χ2v) is 21.4. The van der Waals surface area contributed by atoms with E-state index in [9.17, 15) is 4.79 Å². The van der Waals surface area contributed by atoms with Gasteiger partial charge in [0.15, 0.2) is 0 Å². The monoisotopic (exact) mass is 820 g/mol. The van der Waals surface area contributed by atoms with Gasteiger partial charge in [-0.2, -0.15) is 0 Å². The lowest BCUT2D eigenvalue weighted by atomic mass is 9.70. The molecule has 0 radical (unpaired) electrons. The summed E-state index contributed by atoms with van der Waals surface area (Å²) in [6, 6.07) is 0.359. The molecule has 1 atom stereocenters. The van der Waals surface area contributed by atoms with Crippen molar-refractivity contribution in [2.45, 2.75) is 311 Å². The van der Waals surface area contributed by atoms with Gasteiger partial charge in [0.25, 0.3) is 0 Å². The number of rotatable bonds is 43. The van der Waals surface area contributed by atoms with Crippen molar-refractivity contribution < 1.29 is 14.3 Å². The van der Waals surface area contributed by atoms with Crippen LogP contribution in [0, 0.1) is 10.8 Å². The predicted molar refractivity (Wildman–Crippen MR) is 258 cm³/mol. The van der Waals surface area contributed by atoms with E-state index in [1.165, 1.54) is 180 Å². The summed E-state index contributed by atoms with van der Waals surface area (Å²) in [4.78, 5) is 16.6. The third-order valence-electron chi connectivity index (χ3n) is 13.9. The van der Waals surface area contributed by atoms with Crippen molar-refractivity contribution in [1.82, 2.24) is 4.90 Å². The van der Waals surface area contributed by atoms with Crippen LogP contribution in [0.3, 0.4) is 0 Å². The Morgan fingerprint density at radius 3 is 1.17 bits per heavy atom. The summed E-state index contributed by atoms with van der Waals surface area (Å²) in [6.07, 6.45) is 46.1. The van der Waals surface area contributed by atoms with Crippen LogP contribution < -0.4 is 0 Å². The maximum atomic E-state index is 14.4. The van der Waals surface area contributed by atoms with Gasteiger partial charge in [-0.3, -0.25) is 4.79 Å². The fourth-order valence-corrected chi connectivity index (χ4v) is 9.28. The normalized spacial score (nSPS) is 13.7. The number of carbonyl (C=O) groups is 1. The van der Waals surface area contributed by atoms with Crippen LogP contribution in [0.5, 0.6) is 0 Å². The highest BCUT2D eigenvalue weighted by Gasteiger charge is 2.39. The lowest BCUT2D eigenvalue weighted by Crippen LogP contribution is -2.46. The van der Waals surface area contributed by atoms with E-state index in [0.29, 0.717) is 18.6 Å². The molecular formula is C54H109NO3. The molecule has 4 nitrogen and oxygen atoms in total. The van der Waals surface area contributed by atoms with Gasteiger partial charge in [-0.25, -0.2) is 0 Å². The number of unbranched alkanes of at least 4 members (excludes halogenated alkanes) is 26. The first kappa shape index (κ1) is 57.4. The van der Waals surface area contributed by atoms with Crippen LogP contribution in [-0.2, 0) is 14.3 Å². The number of amides is 1. The van der Waals surface area contributed by atoms with E-state index in [1.54, 1.807) is 7.11 Å². The Balaban J connectivity index is 5.00. The minimum absolute atomic E-state index is 0.0460. The fourth-order valence-electron chi connectivity index (χ4n) is 9.28. The molecule has 0 spiro atoms. The summed E-state index contributed by atoms with van der Waals surface area (Å²) in [5.74, 6) is 0.345. The van der Waals surface area contributed by atoms with Gasteiger partial charge in [-0.05, 0) is 71.1 Å². The molecule has 0 bridgehead atoms. The van der Waals surface area contributed by atoms with Crippen LogP contribution in [-0.4, -0.2) is 48.8 Å². The number of methoxy groups -OCH3 is 1. The molecule has 58 heavy (non-hydrogen) atoms. The highest BCUT2D eigenvalue weighted by molar-refractivity contribution is 5.82. The van der Waals surface area contributed by atoms with E-state index >= 15 is 0 Å². The summed E-state index contributed by atoms with van der Waals surface area (Å²) in [6.45, 7) is 23.2. The second-order valence-electron chi connectivity index (χ2n) is 21.4. The minimum atomic E-state index is -0.395. The van der Waals surface area contributed by atoms with Gasteiger partial charge in [-0.15, -0.1) is 0 Å². The van der Waals surface area contributed by atoms with Gasteiger partial charge >= 0.3 is 0 Å². The highest BCUT2D eigenvalue weighted by atomic mass is 16.5. The lowest BCUT2D eigenvalue weighted by molar-refractivity contribution is -0.143. The largest absolute Gasteiger partial charge is 0.379 e. The predicted octanol–water partition coefficient (Wildman–Crippen LogP) is 17.8. The van der Waals surface area contributed by atoms with E-state index in [1.807, 2.05) is 0 Å². The molecule has 0 fully saturated rings. The Kier molecular flexibility index (Phi) is 34.6. The Morgan fingerprint density at radius 1 is 0.500 bits per heavy atom. The van der Waals surface area contributed by atoms with Crippen LogP contribution >= 0.6 is 0 Å². The third kappa shape index (κ3) is 31.3. The minimum Gasteiger partial charge on any atom is -0.379 e. The van der Waals surface area contributed by atoms with Crippen molar-refractivity contribution in [3.63, 3.8) is 0 Å². The Labute approximate surface area is 366 Å². The molecule has 0 saturated heterocycles. The molecule has 1 amide bonds. The maximum absolute atomic E-state index is 14.4. The summed E-state index contributed by atoms with van der Waals surface area (Å²) in [7, 11) is 3.92. The van der Waals surface area contributed by atoms with E-state index < -0.39 is 5.41 Å². The van der Waals surface area contributed by atoms with E-state index in [2.05, 4.69) is 81.2 Å².